The van der Waals surface area contributed by atoms with Gasteiger partial charge >= 0.3 is 56.5 Å². The Kier molecular flexibility index (Phi) is 11900. The van der Waals surface area contributed by atoms with Crippen LogP contribution in [0.15, 0.2) is 0 Å². The van der Waals surface area contributed by atoms with Gasteiger partial charge in [0.25, 0.3) is 0 Å². The van der Waals surface area contributed by atoms with E-state index < -0.39 is 0 Å². The average molecular weight is 341 g/mol. The molecule has 0 heterocycles. The first-order chi connectivity index (χ1) is 5.00. The molecule has 0 unspecified atom stereocenters. The standard InChI is InChI=1S/5CO.CH3.Re/c5*1-2;;/h;;;;;1H3;/q;;;;;-1;. The van der Waals surface area contributed by atoms with Gasteiger partial charge in [-0.05, 0) is 0 Å². The minimum atomic E-state index is 0. The van der Waals surface area contributed by atoms with Gasteiger partial charge in [0.05, 0.1) is 0 Å². The van der Waals surface area contributed by atoms with Crippen LogP contribution in [0, 0.1) is 40.7 Å². The van der Waals surface area contributed by atoms with E-state index in [9.17, 15) is 0 Å². The molecule has 0 bridgehead atoms. The second-order valence-electron chi connectivity index (χ2n) is 0. The largest absolute Gasteiger partial charge is 0.358 e. The molecule has 0 aliphatic rings. The number of hydrogen-bond donors (Lipinski definition) is 0. The predicted molar refractivity (Wildman–Crippen MR) is 26.1 cm³/mol. The first-order valence-corrected chi connectivity index (χ1v) is 1.02. The fraction of sp³-hybridized carbons (Fsp3) is 0. The number of rotatable bonds is 0. The van der Waals surface area contributed by atoms with Gasteiger partial charge in [-0.2, -0.15) is 0 Å². The minimum Gasteiger partial charge on any atom is -0.358 e. The van der Waals surface area contributed by atoms with Crippen LogP contribution in [-0.2, 0) is 43.7 Å². The summed E-state index contributed by atoms with van der Waals surface area (Å²) in [5.74, 6) is 0. The molecule has 0 aliphatic heterocycles. The molecule has 0 rings (SSSR count). The summed E-state index contributed by atoms with van der Waals surface area (Å²) in [5.41, 5.74) is 0. The van der Waals surface area contributed by atoms with Crippen LogP contribution < -0.4 is 0 Å². The van der Waals surface area contributed by atoms with Crippen LogP contribution in [-0.4, -0.2) is 0 Å². The molecule has 0 amide bonds. The maximum atomic E-state index is 7.50. The van der Waals surface area contributed by atoms with Crippen LogP contribution in [0.3, 0.4) is 0 Å². The fourth-order valence-corrected chi connectivity index (χ4v) is 0. The average Bonchev–Trinajstić information content (AvgIpc) is 2.20. The van der Waals surface area contributed by atoms with Crippen LogP contribution in [0.25, 0.3) is 0 Å². The zero-order chi connectivity index (χ0) is 10.0. The van der Waals surface area contributed by atoms with Crippen molar-refractivity contribution in [2.75, 3.05) is 0 Å². The van der Waals surface area contributed by atoms with Crippen molar-refractivity contribution >= 4 is 0 Å². The maximum Gasteiger partial charge on any atom is 0 e. The Morgan fingerprint density at radius 2 is 0.417 bits per heavy atom. The fourth-order valence-electron chi connectivity index (χ4n) is 0. The van der Waals surface area contributed by atoms with Crippen molar-refractivity contribution in [3.05, 3.63) is 40.7 Å². The molecule has 0 aromatic heterocycles. The van der Waals surface area contributed by atoms with Crippen LogP contribution in [0.5, 0.6) is 0 Å². The monoisotopic (exact) mass is 342 g/mol. The van der Waals surface area contributed by atoms with Crippen molar-refractivity contribution in [1.82, 2.24) is 0 Å². The van der Waals surface area contributed by atoms with E-state index in [4.69, 9.17) is 23.3 Å². The smallest absolute Gasteiger partial charge is 0 e. The van der Waals surface area contributed by atoms with Crippen molar-refractivity contribution in [3.63, 3.8) is 0 Å². The summed E-state index contributed by atoms with van der Waals surface area (Å²) >= 11 is 0. The molecule has 0 aromatic carbocycles. The van der Waals surface area contributed by atoms with Crippen molar-refractivity contribution < 1.29 is 43.7 Å². The van der Waals surface area contributed by atoms with E-state index in [1.807, 2.05) is 0 Å². The Labute approximate surface area is 84.8 Å². The molecular formula is C6H3O5Re-. The van der Waals surface area contributed by atoms with Gasteiger partial charge in [0.15, 0.2) is 0 Å². The molecule has 0 spiro atoms. The molecule has 0 aliphatic carbocycles. The van der Waals surface area contributed by atoms with Gasteiger partial charge in [-0.15, -0.1) is 0 Å². The second kappa shape index (κ2) is 2230. The molecule has 0 saturated carbocycles. The first kappa shape index (κ1) is 64.1. The van der Waals surface area contributed by atoms with Gasteiger partial charge in [-0.25, -0.2) is 0 Å². The van der Waals surface area contributed by atoms with Crippen molar-refractivity contribution in [3.8, 4) is 0 Å². The van der Waals surface area contributed by atoms with Crippen molar-refractivity contribution in [2.45, 2.75) is 0 Å². The molecular weight excluding hydrogens is 338 g/mol. The summed E-state index contributed by atoms with van der Waals surface area (Å²) in [6.45, 7) is 22.5. The molecule has 0 aromatic rings. The van der Waals surface area contributed by atoms with Crippen LogP contribution in [0.4, 0.5) is 0 Å². The first-order valence-electron chi connectivity index (χ1n) is 1.02. The summed E-state index contributed by atoms with van der Waals surface area (Å²) in [4.78, 5) is 0. The summed E-state index contributed by atoms with van der Waals surface area (Å²) in [6.07, 6.45) is 0. The van der Waals surface area contributed by atoms with E-state index in [1.165, 1.54) is 0 Å². The quantitative estimate of drug-likeness (QED) is 0.446. The zero-order valence-electron chi connectivity index (χ0n) is 5.92. The Morgan fingerprint density at radius 3 is 0.417 bits per heavy atom. The third-order valence-electron chi connectivity index (χ3n) is 0. The molecule has 6 heteroatoms. The van der Waals surface area contributed by atoms with Gasteiger partial charge in [0, 0.05) is 20.4 Å². The van der Waals surface area contributed by atoms with E-state index in [-0.39, 0.29) is 27.8 Å². The van der Waals surface area contributed by atoms with E-state index >= 15 is 0 Å². The maximum absolute atomic E-state index is 7.50. The van der Waals surface area contributed by atoms with Crippen molar-refractivity contribution in [1.29, 1.82) is 0 Å². The Balaban J connectivity index is -0.00000000500. The molecule has 1 radical (unpaired) electrons. The SMILES string of the molecule is [C-]#[O+].[C-]#[O+].[C-]#[O+].[C-]#[O+].[C-]#[O+].[CH3-].[Re]. The third kappa shape index (κ3) is 1610. The summed E-state index contributed by atoms with van der Waals surface area (Å²) < 4.78 is 37.5. The molecule has 0 saturated heterocycles. The van der Waals surface area contributed by atoms with Crippen LogP contribution >= 0.6 is 0 Å². The Bertz CT molecular complexity index is 74.5. The van der Waals surface area contributed by atoms with E-state index in [1.54, 1.807) is 0 Å². The summed E-state index contributed by atoms with van der Waals surface area (Å²) in [7, 11) is 0. The molecule has 0 atom stereocenters. The topological polar surface area (TPSA) is 99.5 Å². The van der Waals surface area contributed by atoms with E-state index in [0.717, 1.165) is 0 Å². The Hall–Kier alpha value is -0.638. The molecule has 0 N–H and O–H groups in total. The van der Waals surface area contributed by atoms with Gasteiger partial charge < -0.3 is 7.43 Å². The predicted octanol–water partition coefficient (Wildman–Crippen LogP) is 0.260. The van der Waals surface area contributed by atoms with E-state index in [0.29, 0.717) is 0 Å². The molecule has 5 nitrogen and oxygen atoms in total. The van der Waals surface area contributed by atoms with Gasteiger partial charge in [-0.3, -0.25) is 0 Å². The molecule has 65 valence electrons. The third-order valence-corrected chi connectivity index (χ3v) is 0. The molecule has 12 heavy (non-hydrogen) atoms. The Morgan fingerprint density at radius 1 is 0.417 bits per heavy atom. The van der Waals surface area contributed by atoms with Gasteiger partial charge in [-0.1, -0.05) is 0 Å². The summed E-state index contributed by atoms with van der Waals surface area (Å²) in [6, 6.07) is 0. The normalized spacial score (nSPS) is 0.833. The minimum absolute atomic E-state index is 0. The van der Waals surface area contributed by atoms with Crippen LogP contribution in [0.1, 0.15) is 0 Å². The van der Waals surface area contributed by atoms with Crippen molar-refractivity contribution in [2.24, 2.45) is 0 Å². The van der Waals surface area contributed by atoms with Crippen LogP contribution in [0.2, 0.25) is 0 Å². The van der Waals surface area contributed by atoms with E-state index in [2.05, 4.69) is 33.3 Å². The second-order valence-corrected chi connectivity index (χ2v) is 0. The summed E-state index contributed by atoms with van der Waals surface area (Å²) in [5, 5.41) is 0. The van der Waals surface area contributed by atoms with Gasteiger partial charge in [0.2, 0.25) is 0 Å². The van der Waals surface area contributed by atoms with Gasteiger partial charge in [0.1, 0.15) is 0 Å². The zero-order valence-corrected chi connectivity index (χ0v) is 8.64. The number of hydrogen-bond acceptors (Lipinski definition) is 0. The molecule has 0 fully saturated rings.